The molecule has 80 valence electrons. The summed E-state index contributed by atoms with van der Waals surface area (Å²) in [5.41, 5.74) is 2.23. The molecule has 0 spiro atoms. The lowest BCUT2D eigenvalue weighted by atomic mass is 9.87. The SMILES string of the molecule is Cn1cnc2cc(C(C)(C)C)cc(F)c21. The average molecular weight is 206 g/mol. The smallest absolute Gasteiger partial charge is 0.149 e. The average Bonchev–Trinajstić information content (AvgIpc) is 2.46. The molecule has 0 bridgehead atoms. The third-order valence-electron chi connectivity index (χ3n) is 2.63. The lowest BCUT2D eigenvalue weighted by Gasteiger charge is -2.19. The molecular formula is C12H15FN2. The van der Waals surface area contributed by atoms with Crippen LogP contribution < -0.4 is 0 Å². The number of aromatic nitrogens is 2. The monoisotopic (exact) mass is 206 g/mol. The first-order valence-corrected chi connectivity index (χ1v) is 5.00. The van der Waals surface area contributed by atoms with Crippen molar-refractivity contribution in [2.75, 3.05) is 0 Å². The van der Waals surface area contributed by atoms with E-state index < -0.39 is 0 Å². The Hall–Kier alpha value is -1.38. The van der Waals surface area contributed by atoms with Crippen LogP contribution in [0.3, 0.4) is 0 Å². The second-order valence-electron chi connectivity index (χ2n) is 4.93. The first-order valence-electron chi connectivity index (χ1n) is 5.00. The topological polar surface area (TPSA) is 17.8 Å². The number of hydrogen-bond acceptors (Lipinski definition) is 1. The fourth-order valence-corrected chi connectivity index (χ4v) is 1.67. The van der Waals surface area contributed by atoms with Crippen LogP contribution >= 0.6 is 0 Å². The number of aryl methyl sites for hydroxylation is 1. The molecule has 0 N–H and O–H groups in total. The minimum absolute atomic E-state index is 0.0491. The zero-order chi connectivity index (χ0) is 11.2. The van der Waals surface area contributed by atoms with Crippen LogP contribution in [-0.2, 0) is 12.5 Å². The van der Waals surface area contributed by atoms with Gasteiger partial charge in [-0.25, -0.2) is 9.37 Å². The lowest BCUT2D eigenvalue weighted by molar-refractivity contribution is 0.575. The molecule has 0 saturated carbocycles. The number of benzene rings is 1. The number of nitrogens with zero attached hydrogens (tertiary/aromatic N) is 2. The van der Waals surface area contributed by atoms with Gasteiger partial charge >= 0.3 is 0 Å². The summed E-state index contributed by atoms with van der Waals surface area (Å²) in [6, 6.07) is 3.56. The third-order valence-corrected chi connectivity index (χ3v) is 2.63. The quantitative estimate of drug-likeness (QED) is 0.648. The minimum Gasteiger partial charge on any atom is -0.331 e. The molecule has 2 nitrogen and oxygen atoms in total. The summed E-state index contributed by atoms with van der Waals surface area (Å²) in [4.78, 5) is 4.18. The molecule has 0 fully saturated rings. The summed E-state index contributed by atoms with van der Waals surface area (Å²) in [5, 5.41) is 0. The van der Waals surface area contributed by atoms with E-state index in [4.69, 9.17) is 0 Å². The number of fused-ring (bicyclic) bond motifs is 1. The zero-order valence-corrected chi connectivity index (χ0v) is 9.50. The first kappa shape index (κ1) is 10.1. The lowest BCUT2D eigenvalue weighted by Crippen LogP contribution is -2.11. The van der Waals surface area contributed by atoms with E-state index in [0.717, 1.165) is 11.1 Å². The molecule has 2 aromatic rings. The Balaban J connectivity index is 2.74. The highest BCUT2D eigenvalue weighted by Crippen LogP contribution is 2.27. The fourth-order valence-electron chi connectivity index (χ4n) is 1.67. The fraction of sp³-hybridized carbons (Fsp3) is 0.417. The van der Waals surface area contributed by atoms with Crippen molar-refractivity contribution in [2.24, 2.45) is 7.05 Å². The molecule has 15 heavy (non-hydrogen) atoms. The Morgan fingerprint density at radius 2 is 1.93 bits per heavy atom. The normalized spacial score (nSPS) is 12.3. The van der Waals surface area contributed by atoms with E-state index >= 15 is 0 Å². The zero-order valence-electron chi connectivity index (χ0n) is 9.50. The number of imidazole rings is 1. The highest BCUT2D eigenvalue weighted by molar-refractivity contribution is 5.77. The van der Waals surface area contributed by atoms with Crippen LogP contribution in [0, 0.1) is 5.82 Å². The molecule has 0 aliphatic heterocycles. The Labute approximate surface area is 88.7 Å². The van der Waals surface area contributed by atoms with Crippen molar-refractivity contribution in [2.45, 2.75) is 26.2 Å². The van der Waals surface area contributed by atoms with E-state index in [1.54, 1.807) is 24.0 Å². The maximum absolute atomic E-state index is 13.8. The molecule has 2 rings (SSSR count). The van der Waals surface area contributed by atoms with E-state index in [0.29, 0.717) is 5.52 Å². The largest absolute Gasteiger partial charge is 0.331 e. The van der Waals surface area contributed by atoms with Crippen LogP contribution in [0.1, 0.15) is 26.3 Å². The number of halogens is 1. The molecule has 0 aliphatic rings. The van der Waals surface area contributed by atoms with Crippen molar-refractivity contribution in [3.05, 3.63) is 29.8 Å². The van der Waals surface area contributed by atoms with E-state index in [-0.39, 0.29) is 11.2 Å². The van der Waals surface area contributed by atoms with Crippen molar-refractivity contribution >= 4 is 11.0 Å². The molecular weight excluding hydrogens is 191 g/mol. The van der Waals surface area contributed by atoms with Crippen molar-refractivity contribution in [1.82, 2.24) is 9.55 Å². The second-order valence-corrected chi connectivity index (χ2v) is 4.93. The molecule has 0 amide bonds. The van der Waals surface area contributed by atoms with Crippen LogP contribution in [0.5, 0.6) is 0 Å². The van der Waals surface area contributed by atoms with Gasteiger partial charge in [0.15, 0.2) is 0 Å². The van der Waals surface area contributed by atoms with Crippen LogP contribution in [0.4, 0.5) is 4.39 Å². The van der Waals surface area contributed by atoms with Gasteiger partial charge in [0, 0.05) is 7.05 Å². The van der Waals surface area contributed by atoms with Gasteiger partial charge in [0.2, 0.25) is 0 Å². The van der Waals surface area contributed by atoms with Crippen molar-refractivity contribution < 1.29 is 4.39 Å². The minimum atomic E-state index is -0.197. The van der Waals surface area contributed by atoms with Crippen molar-refractivity contribution in [3.8, 4) is 0 Å². The van der Waals surface area contributed by atoms with Gasteiger partial charge < -0.3 is 4.57 Å². The summed E-state index contributed by atoms with van der Waals surface area (Å²) >= 11 is 0. The summed E-state index contributed by atoms with van der Waals surface area (Å²) in [5.74, 6) is -0.197. The van der Waals surface area contributed by atoms with Crippen LogP contribution in [0.2, 0.25) is 0 Å². The Kier molecular flexibility index (Phi) is 2.07. The predicted molar refractivity (Wildman–Crippen MR) is 59.4 cm³/mol. The molecule has 3 heteroatoms. The van der Waals surface area contributed by atoms with Crippen LogP contribution in [-0.4, -0.2) is 9.55 Å². The third kappa shape index (κ3) is 1.62. The maximum Gasteiger partial charge on any atom is 0.149 e. The Bertz CT molecular complexity index is 506. The molecule has 0 radical (unpaired) electrons. The van der Waals surface area contributed by atoms with E-state index in [9.17, 15) is 4.39 Å². The van der Waals surface area contributed by atoms with E-state index in [1.165, 1.54) is 0 Å². The number of rotatable bonds is 0. The highest BCUT2D eigenvalue weighted by Gasteiger charge is 2.17. The molecule has 0 atom stereocenters. The molecule has 1 heterocycles. The van der Waals surface area contributed by atoms with Gasteiger partial charge in [-0.3, -0.25) is 0 Å². The van der Waals surface area contributed by atoms with Gasteiger partial charge in [-0.2, -0.15) is 0 Å². The summed E-state index contributed by atoms with van der Waals surface area (Å²) < 4.78 is 15.5. The first-order chi connectivity index (χ1) is 6.89. The standard InChI is InChI=1S/C12H15FN2/c1-12(2,3)8-5-9(13)11-10(6-8)14-7-15(11)4/h5-7H,1-4H3. The Morgan fingerprint density at radius 3 is 2.53 bits per heavy atom. The molecule has 0 unspecified atom stereocenters. The van der Waals surface area contributed by atoms with Gasteiger partial charge in [0.25, 0.3) is 0 Å². The van der Waals surface area contributed by atoms with E-state index in [1.807, 2.05) is 6.07 Å². The van der Waals surface area contributed by atoms with E-state index in [2.05, 4.69) is 25.8 Å². The Morgan fingerprint density at radius 1 is 1.27 bits per heavy atom. The second kappa shape index (κ2) is 3.05. The summed E-state index contributed by atoms with van der Waals surface area (Å²) in [6.45, 7) is 6.20. The van der Waals surface area contributed by atoms with Gasteiger partial charge in [-0.15, -0.1) is 0 Å². The van der Waals surface area contributed by atoms with Gasteiger partial charge in [-0.05, 0) is 23.1 Å². The van der Waals surface area contributed by atoms with Crippen molar-refractivity contribution in [1.29, 1.82) is 0 Å². The van der Waals surface area contributed by atoms with Gasteiger partial charge in [0.05, 0.1) is 11.8 Å². The number of hydrogen-bond donors (Lipinski definition) is 0. The maximum atomic E-state index is 13.8. The molecule has 1 aromatic carbocycles. The predicted octanol–water partition coefficient (Wildman–Crippen LogP) is 3.01. The summed E-state index contributed by atoms with van der Waals surface area (Å²) in [7, 11) is 1.80. The molecule has 0 aliphatic carbocycles. The molecule has 0 saturated heterocycles. The van der Waals surface area contributed by atoms with Gasteiger partial charge in [0.1, 0.15) is 11.3 Å². The highest BCUT2D eigenvalue weighted by atomic mass is 19.1. The molecule has 1 aromatic heterocycles. The van der Waals surface area contributed by atoms with Gasteiger partial charge in [-0.1, -0.05) is 20.8 Å². The van der Waals surface area contributed by atoms with Crippen LogP contribution in [0.15, 0.2) is 18.5 Å². The van der Waals surface area contributed by atoms with Crippen molar-refractivity contribution in [3.63, 3.8) is 0 Å². The van der Waals surface area contributed by atoms with Crippen LogP contribution in [0.25, 0.3) is 11.0 Å². The summed E-state index contributed by atoms with van der Waals surface area (Å²) in [6.07, 6.45) is 1.64.